The maximum absolute atomic E-state index is 12.2. The van der Waals surface area contributed by atoms with Gasteiger partial charge in [0.05, 0.1) is 12.7 Å². The molecule has 1 aromatic carbocycles. The number of carbonyl (C=O) groups is 2. The van der Waals surface area contributed by atoms with Gasteiger partial charge in [-0.15, -0.1) is 0 Å². The highest BCUT2D eigenvalue weighted by atomic mass is 16.5. The minimum absolute atomic E-state index is 0.0916. The number of nitrogens with zero attached hydrogens (tertiary/aromatic N) is 1. The van der Waals surface area contributed by atoms with Gasteiger partial charge >= 0.3 is 5.97 Å². The van der Waals surface area contributed by atoms with Crippen LogP contribution in [0.1, 0.15) is 23.2 Å². The Kier molecular flexibility index (Phi) is 3.59. The topological polar surface area (TPSA) is 87.1 Å². The number of hydrogen-bond acceptors (Lipinski definition) is 4. The SMILES string of the molecule is COc1ccc(C(=O)N2CCC[C@@H]2C(=O)O)c(O)c1. The first-order valence-corrected chi connectivity index (χ1v) is 5.95. The molecule has 2 rings (SSSR count). The molecule has 1 aromatic rings. The Hall–Kier alpha value is -2.24. The molecular weight excluding hydrogens is 250 g/mol. The van der Waals surface area contributed by atoms with Crippen LogP contribution in [0.25, 0.3) is 0 Å². The Labute approximate surface area is 110 Å². The molecule has 6 nitrogen and oxygen atoms in total. The first-order chi connectivity index (χ1) is 9.04. The molecule has 102 valence electrons. The highest BCUT2D eigenvalue weighted by Crippen LogP contribution is 2.27. The van der Waals surface area contributed by atoms with Crippen LogP contribution in [-0.2, 0) is 4.79 Å². The molecule has 1 saturated heterocycles. The molecule has 1 fully saturated rings. The van der Waals surface area contributed by atoms with Crippen molar-refractivity contribution < 1.29 is 24.5 Å². The van der Waals surface area contributed by atoms with E-state index in [1.807, 2.05) is 0 Å². The number of aromatic hydroxyl groups is 1. The normalized spacial score (nSPS) is 18.4. The lowest BCUT2D eigenvalue weighted by molar-refractivity contribution is -0.141. The van der Waals surface area contributed by atoms with Gasteiger partial charge in [0.15, 0.2) is 0 Å². The van der Waals surface area contributed by atoms with Crippen LogP contribution in [0.5, 0.6) is 11.5 Å². The second kappa shape index (κ2) is 5.17. The molecule has 0 aromatic heterocycles. The van der Waals surface area contributed by atoms with Crippen molar-refractivity contribution >= 4 is 11.9 Å². The molecule has 0 radical (unpaired) electrons. The maximum atomic E-state index is 12.2. The fourth-order valence-corrected chi connectivity index (χ4v) is 2.24. The predicted molar refractivity (Wildman–Crippen MR) is 66.4 cm³/mol. The van der Waals surface area contributed by atoms with Gasteiger partial charge in [-0.3, -0.25) is 4.79 Å². The van der Waals surface area contributed by atoms with Crippen molar-refractivity contribution in [3.63, 3.8) is 0 Å². The number of phenolic OH excluding ortho intramolecular Hbond substituents is 1. The molecule has 2 N–H and O–H groups in total. The number of hydrogen-bond donors (Lipinski definition) is 2. The van der Waals surface area contributed by atoms with Gasteiger partial charge in [-0.05, 0) is 25.0 Å². The average molecular weight is 265 g/mol. The van der Waals surface area contributed by atoms with Crippen molar-refractivity contribution in [2.24, 2.45) is 0 Å². The Morgan fingerprint density at radius 1 is 1.42 bits per heavy atom. The van der Waals surface area contributed by atoms with Crippen LogP contribution in [0.2, 0.25) is 0 Å². The highest BCUT2D eigenvalue weighted by Gasteiger charge is 2.35. The van der Waals surface area contributed by atoms with Gasteiger partial charge in [0.2, 0.25) is 0 Å². The molecule has 1 amide bonds. The summed E-state index contributed by atoms with van der Waals surface area (Å²) in [4.78, 5) is 24.6. The molecule has 1 atom stereocenters. The Morgan fingerprint density at radius 3 is 2.74 bits per heavy atom. The van der Waals surface area contributed by atoms with Gasteiger partial charge in [-0.25, -0.2) is 4.79 Å². The monoisotopic (exact) mass is 265 g/mol. The number of methoxy groups -OCH3 is 1. The molecule has 0 bridgehead atoms. The van der Waals surface area contributed by atoms with Gasteiger partial charge in [0.25, 0.3) is 5.91 Å². The molecule has 1 aliphatic rings. The van der Waals surface area contributed by atoms with Crippen molar-refractivity contribution in [2.45, 2.75) is 18.9 Å². The third-order valence-electron chi connectivity index (χ3n) is 3.23. The van der Waals surface area contributed by atoms with E-state index in [1.54, 1.807) is 6.07 Å². The van der Waals surface area contributed by atoms with Crippen LogP contribution in [0, 0.1) is 0 Å². The lowest BCUT2D eigenvalue weighted by Crippen LogP contribution is -2.40. The lowest BCUT2D eigenvalue weighted by Gasteiger charge is -2.21. The molecule has 0 spiro atoms. The van der Waals surface area contributed by atoms with Gasteiger partial charge in [0.1, 0.15) is 17.5 Å². The molecule has 19 heavy (non-hydrogen) atoms. The zero-order chi connectivity index (χ0) is 14.0. The van der Waals surface area contributed by atoms with E-state index >= 15 is 0 Å². The van der Waals surface area contributed by atoms with E-state index < -0.39 is 17.9 Å². The molecule has 1 heterocycles. The van der Waals surface area contributed by atoms with E-state index in [2.05, 4.69) is 0 Å². The number of amides is 1. The summed E-state index contributed by atoms with van der Waals surface area (Å²) in [6.07, 6.45) is 1.09. The van der Waals surface area contributed by atoms with E-state index in [-0.39, 0.29) is 11.3 Å². The van der Waals surface area contributed by atoms with E-state index in [4.69, 9.17) is 9.84 Å². The largest absolute Gasteiger partial charge is 0.507 e. The van der Waals surface area contributed by atoms with Gasteiger partial charge in [0, 0.05) is 12.6 Å². The summed E-state index contributed by atoms with van der Waals surface area (Å²) in [6.45, 7) is 0.390. The fraction of sp³-hybridized carbons (Fsp3) is 0.385. The van der Waals surface area contributed by atoms with Gasteiger partial charge in [-0.2, -0.15) is 0 Å². The quantitative estimate of drug-likeness (QED) is 0.854. The van der Waals surface area contributed by atoms with E-state index in [1.165, 1.54) is 24.1 Å². The maximum Gasteiger partial charge on any atom is 0.326 e. The number of carbonyl (C=O) groups excluding carboxylic acids is 1. The molecule has 1 aliphatic heterocycles. The number of aliphatic carboxylic acids is 1. The summed E-state index contributed by atoms with van der Waals surface area (Å²) >= 11 is 0. The summed E-state index contributed by atoms with van der Waals surface area (Å²) in [5.41, 5.74) is 0.0916. The van der Waals surface area contributed by atoms with Crippen LogP contribution in [-0.4, -0.2) is 46.7 Å². The van der Waals surface area contributed by atoms with Crippen LogP contribution in [0.3, 0.4) is 0 Å². The number of phenols is 1. The lowest BCUT2D eigenvalue weighted by atomic mass is 10.1. The minimum atomic E-state index is -1.01. The van der Waals surface area contributed by atoms with Crippen LogP contribution < -0.4 is 4.74 Å². The first-order valence-electron chi connectivity index (χ1n) is 5.95. The number of rotatable bonds is 3. The van der Waals surface area contributed by atoms with Crippen LogP contribution in [0.4, 0.5) is 0 Å². The molecule has 0 unspecified atom stereocenters. The zero-order valence-electron chi connectivity index (χ0n) is 10.5. The van der Waals surface area contributed by atoms with E-state index in [0.29, 0.717) is 25.1 Å². The molecule has 0 saturated carbocycles. The highest BCUT2D eigenvalue weighted by molar-refractivity contribution is 5.99. The number of carboxylic acid groups (broad SMARTS) is 1. The minimum Gasteiger partial charge on any atom is -0.507 e. The number of benzene rings is 1. The van der Waals surface area contributed by atoms with Crippen LogP contribution in [0.15, 0.2) is 18.2 Å². The average Bonchev–Trinajstić information content (AvgIpc) is 2.87. The number of likely N-dealkylation sites (tertiary alicyclic amines) is 1. The van der Waals surface area contributed by atoms with E-state index in [0.717, 1.165) is 0 Å². The number of carboxylic acids is 1. The Bertz CT molecular complexity index is 514. The smallest absolute Gasteiger partial charge is 0.326 e. The van der Waals surface area contributed by atoms with Crippen LogP contribution >= 0.6 is 0 Å². The molecular formula is C13H15NO5. The molecule has 6 heteroatoms. The second-order valence-corrected chi connectivity index (χ2v) is 4.38. The fourth-order valence-electron chi connectivity index (χ4n) is 2.24. The van der Waals surface area contributed by atoms with E-state index in [9.17, 15) is 14.7 Å². The molecule has 0 aliphatic carbocycles. The summed E-state index contributed by atoms with van der Waals surface area (Å²) in [5.74, 6) is -1.26. The third kappa shape index (κ3) is 2.47. The summed E-state index contributed by atoms with van der Waals surface area (Å²) in [5, 5.41) is 18.9. The Balaban J connectivity index is 2.26. The predicted octanol–water partition coefficient (Wildman–Crippen LogP) is 1.09. The van der Waals surface area contributed by atoms with Gasteiger partial charge < -0.3 is 19.8 Å². The summed E-state index contributed by atoms with van der Waals surface area (Å²) in [7, 11) is 1.46. The van der Waals surface area contributed by atoms with Gasteiger partial charge in [-0.1, -0.05) is 0 Å². The Morgan fingerprint density at radius 2 is 2.16 bits per heavy atom. The first kappa shape index (κ1) is 13.2. The summed E-state index contributed by atoms with van der Waals surface area (Å²) < 4.78 is 4.94. The van der Waals surface area contributed by atoms with Crippen molar-refractivity contribution in [1.29, 1.82) is 0 Å². The third-order valence-corrected chi connectivity index (χ3v) is 3.23. The van der Waals surface area contributed by atoms with Crippen molar-refractivity contribution in [2.75, 3.05) is 13.7 Å². The van der Waals surface area contributed by atoms with Crippen molar-refractivity contribution in [3.05, 3.63) is 23.8 Å². The zero-order valence-corrected chi connectivity index (χ0v) is 10.5. The summed E-state index contributed by atoms with van der Waals surface area (Å²) in [6, 6.07) is 3.51. The standard InChI is InChI=1S/C13H15NO5/c1-19-8-4-5-9(11(15)7-8)12(16)14-6-2-3-10(14)13(17)18/h4-5,7,10,15H,2-3,6H2,1H3,(H,17,18)/t10-/m1/s1. The van der Waals surface area contributed by atoms with Crippen molar-refractivity contribution in [3.8, 4) is 11.5 Å². The number of ether oxygens (including phenoxy) is 1. The second-order valence-electron chi connectivity index (χ2n) is 4.38. The van der Waals surface area contributed by atoms with Crippen molar-refractivity contribution in [1.82, 2.24) is 4.90 Å².